The van der Waals surface area contributed by atoms with Gasteiger partial charge in [-0.25, -0.2) is 0 Å². The Balaban J connectivity index is 2.68. The normalized spacial score (nSPS) is 11.5. The van der Waals surface area contributed by atoms with Crippen molar-refractivity contribution in [1.82, 2.24) is 0 Å². The van der Waals surface area contributed by atoms with E-state index >= 15 is 0 Å². The second kappa shape index (κ2) is 6.65. The minimum atomic E-state index is -0.584. The number of hydrogen-bond donors (Lipinski definition) is 2. The SMILES string of the molecule is CCCc1ccccc1NCC(O)(CC)CC. The lowest BCUT2D eigenvalue weighted by Gasteiger charge is -2.26. The molecule has 1 aromatic carbocycles. The summed E-state index contributed by atoms with van der Waals surface area (Å²) >= 11 is 0. The zero-order chi connectivity index (χ0) is 12.7. The molecule has 2 N–H and O–H groups in total. The molecule has 0 aromatic heterocycles. The van der Waals surface area contributed by atoms with Crippen LogP contribution in [0.1, 0.15) is 45.6 Å². The van der Waals surface area contributed by atoms with Gasteiger partial charge in [-0.05, 0) is 30.9 Å². The number of benzene rings is 1. The molecule has 0 saturated heterocycles. The highest BCUT2D eigenvalue weighted by molar-refractivity contribution is 5.51. The Bertz CT molecular complexity index is 331. The van der Waals surface area contributed by atoms with Crippen LogP contribution >= 0.6 is 0 Å². The second-order valence-corrected chi connectivity index (χ2v) is 4.69. The number of aryl methyl sites for hydroxylation is 1. The number of hydrogen-bond acceptors (Lipinski definition) is 2. The van der Waals surface area contributed by atoms with Crippen LogP contribution in [0.3, 0.4) is 0 Å². The van der Waals surface area contributed by atoms with Gasteiger partial charge < -0.3 is 10.4 Å². The van der Waals surface area contributed by atoms with E-state index in [0.717, 1.165) is 31.4 Å². The number of anilines is 1. The molecule has 0 aliphatic heterocycles. The van der Waals surface area contributed by atoms with Crippen LogP contribution < -0.4 is 5.32 Å². The minimum Gasteiger partial charge on any atom is -0.388 e. The summed E-state index contributed by atoms with van der Waals surface area (Å²) in [5.74, 6) is 0. The molecule has 96 valence electrons. The molecule has 1 aromatic rings. The first-order valence-corrected chi connectivity index (χ1v) is 6.69. The molecule has 0 saturated carbocycles. The first kappa shape index (κ1) is 14.0. The Labute approximate surface area is 105 Å². The average molecular weight is 235 g/mol. The van der Waals surface area contributed by atoms with Crippen molar-refractivity contribution in [2.45, 2.75) is 52.1 Å². The van der Waals surface area contributed by atoms with Crippen LogP contribution in [0.5, 0.6) is 0 Å². The molecule has 2 nitrogen and oxygen atoms in total. The predicted molar refractivity (Wildman–Crippen MR) is 74.5 cm³/mol. The highest BCUT2D eigenvalue weighted by atomic mass is 16.3. The van der Waals surface area contributed by atoms with E-state index in [1.807, 2.05) is 19.9 Å². The van der Waals surface area contributed by atoms with E-state index in [0.29, 0.717) is 6.54 Å². The summed E-state index contributed by atoms with van der Waals surface area (Å²) in [6.45, 7) is 6.87. The van der Waals surface area contributed by atoms with Gasteiger partial charge in [0.2, 0.25) is 0 Å². The zero-order valence-corrected chi connectivity index (χ0v) is 11.3. The fraction of sp³-hybridized carbons (Fsp3) is 0.600. The molecule has 0 aliphatic rings. The van der Waals surface area contributed by atoms with Crippen molar-refractivity contribution in [1.29, 1.82) is 0 Å². The predicted octanol–water partition coefficient (Wildman–Crippen LogP) is 3.60. The van der Waals surface area contributed by atoms with Gasteiger partial charge in [0.1, 0.15) is 0 Å². The molecule has 0 aliphatic carbocycles. The van der Waals surface area contributed by atoms with Crippen LogP contribution in [-0.4, -0.2) is 17.3 Å². The maximum absolute atomic E-state index is 10.2. The lowest BCUT2D eigenvalue weighted by molar-refractivity contribution is 0.0457. The smallest absolute Gasteiger partial charge is 0.0814 e. The van der Waals surface area contributed by atoms with Crippen molar-refractivity contribution in [2.24, 2.45) is 0 Å². The maximum atomic E-state index is 10.2. The third kappa shape index (κ3) is 4.04. The molecule has 0 atom stereocenters. The Morgan fingerprint density at radius 3 is 2.35 bits per heavy atom. The minimum absolute atomic E-state index is 0.584. The van der Waals surface area contributed by atoms with Crippen molar-refractivity contribution in [3.8, 4) is 0 Å². The van der Waals surface area contributed by atoms with Crippen molar-refractivity contribution in [2.75, 3.05) is 11.9 Å². The van der Waals surface area contributed by atoms with Crippen molar-refractivity contribution >= 4 is 5.69 Å². The van der Waals surface area contributed by atoms with E-state index in [1.165, 1.54) is 5.56 Å². The van der Waals surface area contributed by atoms with Gasteiger partial charge in [-0.15, -0.1) is 0 Å². The number of nitrogens with one attached hydrogen (secondary N) is 1. The number of rotatable bonds is 7. The van der Waals surface area contributed by atoms with Crippen LogP contribution in [0.4, 0.5) is 5.69 Å². The molecule has 0 unspecified atom stereocenters. The molecule has 1 rings (SSSR count). The fourth-order valence-corrected chi connectivity index (χ4v) is 1.94. The van der Waals surface area contributed by atoms with Gasteiger partial charge in [0, 0.05) is 12.2 Å². The first-order valence-electron chi connectivity index (χ1n) is 6.69. The third-order valence-corrected chi connectivity index (χ3v) is 3.46. The summed E-state index contributed by atoms with van der Waals surface area (Å²) in [7, 11) is 0. The van der Waals surface area contributed by atoms with E-state index in [9.17, 15) is 5.11 Å². The Kier molecular flexibility index (Phi) is 5.49. The van der Waals surface area contributed by atoms with Gasteiger partial charge in [-0.2, -0.15) is 0 Å². The van der Waals surface area contributed by atoms with Gasteiger partial charge in [-0.1, -0.05) is 45.4 Å². The van der Waals surface area contributed by atoms with Crippen LogP contribution in [0.25, 0.3) is 0 Å². The molecule has 17 heavy (non-hydrogen) atoms. The van der Waals surface area contributed by atoms with Crippen molar-refractivity contribution < 1.29 is 5.11 Å². The quantitative estimate of drug-likeness (QED) is 0.757. The molecule has 0 heterocycles. The lowest BCUT2D eigenvalue weighted by Crippen LogP contribution is -2.35. The van der Waals surface area contributed by atoms with Crippen molar-refractivity contribution in [3.05, 3.63) is 29.8 Å². The molecule has 2 heteroatoms. The van der Waals surface area contributed by atoms with Crippen LogP contribution in [0.15, 0.2) is 24.3 Å². The number of aliphatic hydroxyl groups is 1. The van der Waals surface area contributed by atoms with Gasteiger partial charge in [0.15, 0.2) is 0 Å². The Morgan fingerprint density at radius 1 is 1.12 bits per heavy atom. The standard InChI is InChI=1S/C15H25NO/c1-4-9-13-10-7-8-11-14(13)16-12-15(17,5-2)6-3/h7-8,10-11,16-17H,4-6,9,12H2,1-3H3. The van der Waals surface area contributed by atoms with Crippen LogP contribution in [0, 0.1) is 0 Å². The maximum Gasteiger partial charge on any atom is 0.0814 e. The van der Waals surface area contributed by atoms with Crippen LogP contribution in [-0.2, 0) is 6.42 Å². The molecular formula is C15H25NO. The van der Waals surface area contributed by atoms with Gasteiger partial charge >= 0.3 is 0 Å². The average Bonchev–Trinajstić information content (AvgIpc) is 2.38. The fourth-order valence-electron chi connectivity index (χ4n) is 1.94. The summed E-state index contributed by atoms with van der Waals surface area (Å²) in [5.41, 5.74) is 1.92. The Hall–Kier alpha value is -1.02. The van der Waals surface area contributed by atoms with E-state index in [2.05, 4.69) is 30.4 Å². The van der Waals surface area contributed by atoms with E-state index in [-0.39, 0.29) is 0 Å². The van der Waals surface area contributed by atoms with E-state index in [4.69, 9.17) is 0 Å². The second-order valence-electron chi connectivity index (χ2n) is 4.69. The number of para-hydroxylation sites is 1. The van der Waals surface area contributed by atoms with E-state index in [1.54, 1.807) is 0 Å². The van der Waals surface area contributed by atoms with E-state index < -0.39 is 5.60 Å². The summed E-state index contributed by atoms with van der Waals surface area (Å²) in [6.07, 6.45) is 3.79. The third-order valence-electron chi connectivity index (χ3n) is 3.46. The summed E-state index contributed by atoms with van der Waals surface area (Å²) in [6, 6.07) is 8.36. The zero-order valence-electron chi connectivity index (χ0n) is 11.3. The van der Waals surface area contributed by atoms with Gasteiger partial charge in [0.05, 0.1) is 5.60 Å². The summed E-state index contributed by atoms with van der Waals surface area (Å²) in [4.78, 5) is 0. The van der Waals surface area contributed by atoms with Crippen molar-refractivity contribution in [3.63, 3.8) is 0 Å². The largest absolute Gasteiger partial charge is 0.388 e. The Morgan fingerprint density at radius 2 is 1.76 bits per heavy atom. The molecule has 0 radical (unpaired) electrons. The highest BCUT2D eigenvalue weighted by Gasteiger charge is 2.21. The van der Waals surface area contributed by atoms with Crippen LogP contribution in [0.2, 0.25) is 0 Å². The highest BCUT2D eigenvalue weighted by Crippen LogP contribution is 2.20. The topological polar surface area (TPSA) is 32.3 Å². The first-order chi connectivity index (χ1) is 8.15. The molecule has 0 spiro atoms. The monoisotopic (exact) mass is 235 g/mol. The molecular weight excluding hydrogens is 210 g/mol. The lowest BCUT2D eigenvalue weighted by atomic mass is 9.97. The molecule has 0 fully saturated rings. The summed E-state index contributed by atoms with van der Waals surface area (Å²) in [5, 5.41) is 13.6. The molecule has 0 bridgehead atoms. The van der Waals surface area contributed by atoms with Gasteiger partial charge in [0.25, 0.3) is 0 Å². The molecule has 0 amide bonds. The van der Waals surface area contributed by atoms with Gasteiger partial charge in [-0.3, -0.25) is 0 Å². The summed E-state index contributed by atoms with van der Waals surface area (Å²) < 4.78 is 0.